The second-order valence-electron chi connectivity index (χ2n) is 7.33. The van der Waals surface area contributed by atoms with E-state index in [0.717, 1.165) is 29.9 Å². The van der Waals surface area contributed by atoms with E-state index in [1.807, 2.05) is 13.0 Å². The number of amides is 1. The quantitative estimate of drug-likeness (QED) is 0.516. The average Bonchev–Trinajstić information content (AvgIpc) is 3.31. The van der Waals surface area contributed by atoms with Crippen molar-refractivity contribution in [3.05, 3.63) is 69.8 Å². The molecule has 29 heavy (non-hydrogen) atoms. The third-order valence-electron chi connectivity index (χ3n) is 5.23. The number of carbonyl (C=O) groups excluding carboxylic acids is 1. The van der Waals surface area contributed by atoms with Crippen LogP contribution in [0.3, 0.4) is 0 Å². The van der Waals surface area contributed by atoms with E-state index in [1.165, 1.54) is 11.1 Å². The summed E-state index contributed by atoms with van der Waals surface area (Å²) in [7, 11) is 0. The number of nitrogens with one attached hydrogen (secondary N) is 3. The zero-order valence-electron chi connectivity index (χ0n) is 16.1. The molecule has 0 radical (unpaired) electrons. The summed E-state index contributed by atoms with van der Waals surface area (Å²) in [5, 5.41) is 12.4. The molecule has 150 valence electrons. The lowest BCUT2D eigenvalue weighted by molar-refractivity contribution is -0.120. The molecule has 2 aromatic carbocycles. The topological polar surface area (TPSA) is 107 Å². The summed E-state index contributed by atoms with van der Waals surface area (Å²) in [5.41, 5.74) is 4.33. The predicted molar refractivity (Wildman–Crippen MR) is 109 cm³/mol. The molecule has 0 spiro atoms. The van der Waals surface area contributed by atoms with Crippen LogP contribution >= 0.6 is 0 Å². The number of carbonyl (C=O) groups is 1. The standard InChI is InChI=1S/C22H23N3O4/c1-13(12-23-20(26)11-18-21(27)25-22(28)24-18)14-2-4-15(5-3-14)16-6-7-19-17(10-16)8-9-29-19/h2-7,10,13,27H,8-9,11-12H2,1H3,(H,23,26)(H2,24,25,28). The third-order valence-corrected chi connectivity index (χ3v) is 5.23. The Labute approximate surface area is 167 Å². The second-order valence-corrected chi connectivity index (χ2v) is 7.33. The molecule has 7 nitrogen and oxygen atoms in total. The van der Waals surface area contributed by atoms with Crippen molar-refractivity contribution in [3.8, 4) is 22.8 Å². The molecular weight excluding hydrogens is 370 g/mol. The molecular formula is C22H23N3O4. The molecule has 0 saturated carbocycles. The number of benzene rings is 2. The number of imidazole rings is 1. The number of aromatic nitrogens is 2. The van der Waals surface area contributed by atoms with E-state index >= 15 is 0 Å². The van der Waals surface area contributed by atoms with E-state index in [1.54, 1.807) is 0 Å². The van der Waals surface area contributed by atoms with Crippen molar-refractivity contribution < 1.29 is 14.6 Å². The van der Waals surface area contributed by atoms with Gasteiger partial charge in [0.1, 0.15) is 5.75 Å². The van der Waals surface area contributed by atoms with Crippen molar-refractivity contribution in [2.75, 3.05) is 13.2 Å². The molecule has 1 aromatic heterocycles. The predicted octanol–water partition coefficient (Wildman–Crippen LogP) is 2.47. The van der Waals surface area contributed by atoms with Crippen LogP contribution in [0.4, 0.5) is 0 Å². The Hall–Kier alpha value is -3.48. The van der Waals surface area contributed by atoms with Crippen molar-refractivity contribution >= 4 is 5.91 Å². The Morgan fingerprint density at radius 1 is 1.17 bits per heavy atom. The first-order valence-electron chi connectivity index (χ1n) is 9.62. The summed E-state index contributed by atoms with van der Waals surface area (Å²) < 4.78 is 5.56. The van der Waals surface area contributed by atoms with Crippen LogP contribution in [-0.4, -0.2) is 34.1 Å². The summed E-state index contributed by atoms with van der Waals surface area (Å²) in [4.78, 5) is 27.8. The van der Waals surface area contributed by atoms with Crippen LogP contribution in [0, 0.1) is 0 Å². The summed E-state index contributed by atoms with van der Waals surface area (Å²) in [6, 6.07) is 14.6. The van der Waals surface area contributed by atoms with Gasteiger partial charge in [0.2, 0.25) is 11.8 Å². The monoisotopic (exact) mass is 393 g/mol. The number of fused-ring (bicyclic) bond motifs is 1. The van der Waals surface area contributed by atoms with Crippen LogP contribution in [-0.2, 0) is 17.6 Å². The first-order chi connectivity index (χ1) is 14.0. The van der Waals surface area contributed by atoms with Crippen molar-refractivity contribution in [2.24, 2.45) is 0 Å². The molecule has 0 saturated heterocycles. The Morgan fingerprint density at radius 2 is 1.93 bits per heavy atom. The first kappa shape index (κ1) is 18.9. The molecule has 2 heterocycles. The van der Waals surface area contributed by atoms with Crippen LogP contribution < -0.4 is 15.7 Å². The molecule has 4 rings (SSSR count). The maximum atomic E-state index is 12.1. The minimum absolute atomic E-state index is 0.0850. The van der Waals surface area contributed by atoms with E-state index < -0.39 is 5.69 Å². The van der Waals surface area contributed by atoms with Gasteiger partial charge in [-0.3, -0.25) is 9.78 Å². The van der Waals surface area contributed by atoms with Crippen LogP contribution in [0.15, 0.2) is 47.3 Å². The van der Waals surface area contributed by atoms with E-state index in [4.69, 9.17) is 4.74 Å². The first-order valence-corrected chi connectivity index (χ1v) is 9.62. The average molecular weight is 393 g/mol. The lowest BCUT2D eigenvalue weighted by Crippen LogP contribution is -2.29. The van der Waals surface area contributed by atoms with Crippen LogP contribution in [0.2, 0.25) is 0 Å². The number of H-pyrrole nitrogens is 2. The SMILES string of the molecule is CC(CNC(=O)Cc1[nH]c(=O)[nH]c1O)c1ccc(-c2ccc3c(c2)CCO3)cc1. The Balaban J connectivity index is 1.35. The normalized spacial score (nSPS) is 13.6. The lowest BCUT2D eigenvalue weighted by atomic mass is 9.96. The molecule has 1 atom stereocenters. The third kappa shape index (κ3) is 4.18. The van der Waals surface area contributed by atoms with Gasteiger partial charge in [0, 0.05) is 13.0 Å². The number of aromatic hydroxyl groups is 1. The maximum Gasteiger partial charge on any atom is 0.325 e. The number of ether oxygens (including phenoxy) is 1. The van der Waals surface area contributed by atoms with Crippen LogP contribution in [0.1, 0.15) is 29.7 Å². The van der Waals surface area contributed by atoms with Crippen molar-refractivity contribution in [1.82, 2.24) is 15.3 Å². The second kappa shape index (κ2) is 7.87. The molecule has 0 aliphatic carbocycles. The zero-order valence-corrected chi connectivity index (χ0v) is 16.1. The smallest absolute Gasteiger partial charge is 0.325 e. The van der Waals surface area contributed by atoms with E-state index in [0.29, 0.717) is 6.54 Å². The van der Waals surface area contributed by atoms with Crippen molar-refractivity contribution in [1.29, 1.82) is 0 Å². The van der Waals surface area contributed by atoms with Gasteiger partial charge >= 0.3 is 5.69 Å². The summed E-state index contributed by atoms with van der Waals surface area (Å²) >= 11 is 0. The van der Waals surface area contributed by atoms with Gasteiger partial charge in [-0.2, -0.15) is 0 Å². The van der Waals surface area contributed by atoms with Crippen molar-refractivity contribution in [2.45, 2.75) is 25.7 Å². The molecule has 1 aliphatic rings. The lowest BCUT2D eigenvalue weighted by Gasteiger charge is -2.14. The number of aromatic amines is 2. The minimum atomic E-state index is -0.533. The van der Waals surface area contributed by atoms with E-state index in [-0.39, 0.29) is 29.8 Å². The van der Waals surface area contributed by atoms with Crippen LogP contribution in [0.5, 0.6) is 11.6 Å². The number of hydrogen-bond donors (Lipinski definition) is 4. The van der Waals surface area contributed by atoms with Gasteiger partial charge in [-0.1, -0.05) is 37.3 Å². The highest BCUT2D eigenvalue weighted by molar-refractivity contribution is 5.78. The fourth-order valence-corrected chi connectivity index (χ4v) is 3.52. The Kier molecular flexibility index (Phi) is 5.12. The summed E-state index contributed by atoms with van der Waals surface area (Å²) in [6.45, 7) is 3.25. The minimum Gasteiger partial charge on any atom is -0.493 e. The zero-order chi connectivity index (χ0) is 20.4. The molecule has 3 aromatic rings. The number of rotatable bonds is 6. The van der Waals surface area contributed by atoms with Crippen LogP contribution in [0.25, 0.3) is 11.1 Å². The molecule has 4 N–H and O–H groups in total. The van der Waals surface area contributed by atoms with Gasteiger partial charge < -0.3 is 20.1 Å². The largest absolute Gasteiger partial charge is 0.493 e. The summed E-state index contributed by atoms with van der Waals surface area (Å²) in [5.74, 6) is 0.540. The van der Waals surface area contributed by atoms with Gasteiger partial charge in [-0.05, 0) is 40.3 Å². The Bertz CT molecular complexity index is 1080. The van der Waals surface area contributed by atoms with Gasteiger partial charge in [-0.15, -0.1) is 0 Å². The van der Waals surface area contributed by atoms with Gasteiger partial charge in [0.25, 0.3) is 0 Å². The highest BCUT2D eigenvalue weighted by Crippen LogP contribution is 2.31. The highest BCUT2D eigenvalue weighted by Gasteiger charge is 2.14. The fraction of sp³-hybridized carbons (Fsp3) is 0.273. The van der Waals surface area contributed by atoms with Crippen molar-refractivity contribution in [3.63, 3.8) is 0 Å². The molecule has 1 amide bonds. The maximum absolute atomic E-state index is 12.1. The fourth-order valence-electron chi connectivity index (χ4n) is 3.52. The highest BCUT2D eigenvalue weighted by atomic mass is 16.5. The molecule has 0 fully saturated rings. The molecule has 0 bridgehead atoms. The molecule has 1 unspecified atom stereocenters. The summed E-state index contributed by atoms with van der Waals surface area (Å²) in [6.07, 6.45) is 0.866. The number of hydrogen-bond acceptors (Lipinski definition) is 4. The molecule has 7 heteroatoms. The van der Waals surface area contributed by atoms with E-state index in [2.05, 4.69) is 51.7 Å². The molecule has 1 aliphatic heterocycles. The van der Waals surface area contributed by atoms with E-state index in [9.17, 15) is 14.7 Å². The van der Waals surface area contributed by atoms with Gasteiger partial charge in [-0.25, -0.2) is 4.79 Å². The van der Waals surface area contributed by atoms with Gasteiger partial charge in [0.05, 0.1) is 18.7 Å². The Morgan fingerprint density at radius 3 is 2.66 bits per heavy atom. The van der Waals surface area contributed by atoms with Gasteiger partial charge in [0.15, 0.2) is 0 Å².